The second-order valence-corrected chi connectivity index (χ2v) is 5.68. The smallest absolute Gasteiger partial charge is 0.123 e. The number of aliphatic imine (C=N–C) groups is 2. The maximum Gasteiger partial charge on any atom is 0.123 e. The number of nitrogens with zero attached hydrogens (tertiary/aromatic N) is 3. The first kappa shape index (κ1) is 17.6. The molecule has 3 nitrogen and oxygen atoms in total. The lowest BCUT2D eigenvalue weighted by atomic mass is 10.2. The Kier molecular flexibility index (Phi) is 5.93. The highest BCUT2D eigenvalue weighted by atomic mass is 19.1. The van der Waals surface area contributed by atoms with Gasteiger partial charge < -0.3 is 0 Å². The van der Waals surface area contributed by atoms with Crippen molar-refractivity contribution in [3.63, 3.8) is 0 Å². The molecule has 0 aliphatic carbocycles. The van der Waals surface area contributed by atoms with E-state index >= 15 is 0 Å². The van der Waals surface area contributed by atoms with Crippen LogP contribution in [0.15, 0.2) is 76.7 Å². The molecule has 0 saturated carbocycles. The van der Waals surface area contributed by atoms with E-state index in [0.29, 0.717) is 13.1 Å². The van der Waals surface area contributed by atoms with Crippen molar-refractivity contribution in [3.8, 4) is 0 Å². The molecule has 3 aromatic rings. The van der Waals surface area contributed by atoms with Gasteiger partial charge in [0.05, 0.1) is 24.5 Å². The van der Waals surface area contributed by atoms with Gasteiger partial charge in [-0.2, -0.15) is 0 Å². The molecule has 0 spiro atoms. The fourth-order valence-electron chi connectivity index (χ4n) is 2.28. The van der Waals surface area contributed by atoms with Gasteiger partial charge in [0.15, 0.2) is 0 Å². The van der Waals surface area contributed by atoms with Crippen molar-refractivity contribution in [1.29, 1.82) is 0 Å². The first-order chi connectivity index (χ1) is 12.7. The van der Waals surface area contributed by atoms with Crippen LogP contribution in [0.1, 0.15) is 22.5 Å². The lowest BCUT2D eigenvalue weighted by Gasteiger charge is -1.98. The summed E-state index contributed by atoms with van der Waals surface area (Å²) >= 11 is 0. The van der Waals surface area contributed by atoms with Crippen LogP contribution in [0, 0.1) is 11.6 Å². The van der Waals surface area contributed by atoms with E-state index in [0.717, 1.165) is 22.5 Å². The molecule has 0 unspecified atom stereocenters. The lowest BCUT2D eigenvalue weighted by Crippen LogP contribution is -1.94. The average Bonchev–Trinajstić information content (AvgIpc) is 2.65. The Morgan fingerprint density at radius 1 is 0.654 bits per heavy atom. The molecule has 1 heterocycles. The summed E-state index contributed by atoms with van der Waals surface area (Å²) in [6, 6.07) is 18.1. The van der Waals surface area contributed by atoms with Crippen molar-refractivity contribution in [2.75, 3.05) is 0 Å². The maximum absolute atomic E-state index is 12.9. The summed E-state index contributed by atoms with van der Waals surface area (Å²) in [6.07, 6.45) is 3.36. The second kappa shape index (κ2) is 8.76. The molecule has 5 heteroatoms. The fourth-order valence-corrected chi connectivity index (χ4v) is 2.28. The highest BCUT2D eigenvalue weighted by Crippen LogP contribution is 2.05. The summed E-state index contributed by atoms with van der Waals surface area (Å²) in [6.45, 7) is 0.926. The molecule has 3 rings (SSSR count). The van der Waals surface area contributed by atoms with Gasteiger partial charge in [0.2, 0.25) is 0 Å². The lowest BCUT2D eigenvalue weighted by molar-refractivity contribution is 0.626. The number of halogens is 2. The Labute approximate surface area is 150 Å². The Hall–Kier alpha value is -3.21. The van der Waals surface area contributed by atoms with Crippen molar-refractivity contribution in [1.82, 2.24) is 4.98 Å². The number of hydrogen-bond donors (Lipinski definition) is 0. The van der Waals surface area contributed by atoms with E-state index in [4.69, 9.17) is 0 Å². The van der Waals surface area contributed by atoms with Gasteiger partial charge in [0.25, 0.3) is 0 Å². The predicted octanol–water partition coefficient (Wildman–Crippen LogP) is 4.60. The molecule has 0 amide bonds. The quantitative estimate of drug-likeness (QED) is 0.599. The topological polar surface area (TPSA) is 37.6 Å². The highest BCUT2D eigenvalue weighted by molar-refractivity contribution is 5.81. The zero-order chi connectivity index (χ0) is 18.2. The van der Waals surface area contributed by atoms with Gasteiger partial charge in [-0.15, -0.1) is 0 Å². The Morgan fingerprint density at radius 2 is 1.08 bits per heavy atom. The standard InChI is InChI=1S/C21H17F2N3/c22-18-8-4-16(5-9-18)12-24-14-20-2-1-3-21(26-20)15-25-13-17-6-10-19(23)11-7-17/h1-11,14-15H,12-13H2. The summed E-state index contributed by atoms with van der Waals surface area (Å²) in [5.74, 6) is -0.515. The first-order valence-corrected chi connectivity index (χ1v) is 8.15. The molecule has 130 valence electrons. The Morgan fingerprint density at radius 3 is 1.50 bits per heavy atom. The Balaban J connectivity index is 1.58. The van der Waals surface area contributed by atoms with Gasteiger partial charge in [-0.3, -0.25) is 9.98 Å². The van der Waals surface area contributed by atoms with Gasteiger partial charge in [0, 0.05) is 12.4 Å². The van der Waals surface area contributed by atoms with E-state index in [1.807, 2.05) is 18.2 Å². The van der Waals surface area contributed by atoms with Crippen LogP contribution in [0.5, 0.6) is 0 Å². The minimum Gasteiger partial charge on any atom is -0.286 e. The number of rotatable bonds is 6. The predicted molar refractivity (Wildman–Crippen MR) is 99.6 cm³/mol. The third-order valence-corrected chi connectivity index (χ3v) is 3.61. The van der Waals surface area contributed by atoms with Crippen molar-refractivity contribution >= 4 is 12.4 Å². The molecule has 0 aliphatic heterocycles. The monoisotopic (exact) mass is 349 g/mol. The molecule has 0 N–H and O–H groups in total. The van der Waals surface area contributed by atoms with Gasteiger partial charge in [-0.25, -0.2) is 13.8 Å². The summed E-state index contributed by atoms with van der Waals surface area (Å²) < 4.78 is 25.7. The van der Waals surface area contributed by atoms with Gasteiger partial charge in [-0.05, 0) is 47.5 Å². The third-order valence-electron chi connectivity index (χ3n) is 3.61. The molecule has 26 heavy (non-hydrogen) atoms. The molecule has 0 aliphatic rings. The van der Waals surface area contributed by atoms with Crippen LogP contribution in [-0.2, 0) is 13.1 Å². The van der Waals surface area contributed by atoms with Crippen LogP contribution in [0.2, 0.25) is 0 Å². The van der Waals surface area contributed by atoms with Crippen LogP contribution in [0.3, 0.4) is 0 Å². The number of benzene rings is 2. The molecule has 0 fully saturated rings. The van der Waals surface area contributed by atoms with E-state index in [-0.39, 0.29) is 11.6 Å². The molecule has 0 bridgehead atoms. The molecule has 0 radical (unpaired) electrons. The first-order valence-electron chi connectivity index (χ1n) is 8.15. The van der Waals surface area contributed by atoms with Crippen molar-refractivity contribution in [3.05, 3.63) is 101 Å². The maximum atomic E-state index is 12.9. The fraction of sp³-hybridized carbons (Fsp3) is 0.0952. The normalized spacial score (nSPS) is 11.5. The summed E-state index contributed by atoms with van der Waals surface area (Å²) in [5, 5.41) is 0. The van der Waals surface area contributed by atoms with Gasteiger partial charge in [0.1, 0.15) is 11.6 Å². The molecular weight excluding hydrogens is 332 g/mol. The number of pyridine rings is 1. The van der Waals surface area contributed by atoms with E-state index in [2.05, 4.69) is 15.0 Å². The zero-order valence-electron chi connectivity index (χ0n) is 14.0. The van der Waals surface area contributed by atoms with Gasteiger partial charge >= 0.3 is 0 Å². The van der Waals surface area contributed by atoms with Crippen molar-refractivity contribution in [2.24, 2.45) is 9.98 Å². The molecule has 1 aromatic heterocycles. The minimum atomic E-state index is -0.257. The highest BCUT2D eigenvalue weighted by Gasteiger charge is 1.95. The van der Waals surface area contributed by atoms with Crippen LogP contribution in [-0.4, -0.2) is 17.4 Å². The van der Waals surface area contributed by atoms with E-state index < -0.39 is 0 Å². The number of hydrogen-bond acceptors (Lipinski definition) is 3. The van der Waals surface area contributed by atoms with Gasteiger partial charge in [-0.1, -0.05) is 30.3 Å². The van der Waals surface area contributed by atoms with Crippen LogP contribution >= 0.6 is 0 Å². The molecule has 0 saturated heterocycles. The average molecular weight is 349 g/mol. The van der Waals surface area contributed by atoms with Crippen LogP contribution in [0.4, 0.5) is 8.78 Å². The zero-order valence-corrected chi connectivity index (χ0v) is 14.0. The van der Waals surface area contributed by atoms with E-state index in [9.17, 15) is 8.78 Å². The van der Waals surface area contributed by atoms with Crippen molar-refractivity contribution in [2.45, 2.75) is 13.1 Å². The third kappa shape index (κ3) is 5.41. The van der Waals surface area contributed by atoms with E-state index in [1.165, 1.54) is 24.3 Å². The van der Waals surface area contributed by atoms with E-state index in [1.54, 1.807) is 36.7 Å². The second-order valence-electron chi connectivity index (χ2n) is 5.68. The van der Waals surface area contributed by atoms with Crippen LogP contribution in [0.25, 0.3) is 0 Å². The largest absolute Gasteiger partial charge is 0.286 e. The summed E-state index contributed by atoms with van der Waals surface area (Å²) in [7, 11) is 0. The minimum absolute atomic E-state index is 0.257. The molecular formula is C21H17F2N3. The molecule has 0 atom stereocenters. The number of aromatic nitrogens is 1. The molecule has 2 aromatic carbocycles. The SMILES string of the molecule is Fc1ccc(CN=Cc2cccc(C=NCc3ccc(F)cc3)n2)cc1. The van der Waals surface area contributed by atoms with Crippen molar-refractivity contribution < 1.29 is 8.78 Å². The Bertz CT molecular complexity index is 829. The van der Waals surface area contributed by atoms with Crippen LogP contribution < -0.4 is 0 Å². The summed E-state index contributed by atoms with van der Waals surface area (Å²) in [4.78, 5) is 13.1. The summed E-state index contributed by atoms with van der Waals surface area (Å²) in [5.41, 5.74) is 3.30.